The monoisotopic (exact) mass is 754 g/mol. The average Bonchev–Trinajstić information content (AvgIpc) is 3.65. The number of hydrogen-bond donors (Lipinski definition) is 2. The van der Waals surface area contributed by atoms with E-state index in [1.54, 1.807) is 61.8 Å². The van der Waals surface area contributed by atoms with Crippen molar-refractivity contribution in [3.05, 3.63) is 62.1 Å². The standard InChI is InChI=1S/C32H37F3N6O8S2/c1-31(2,12-11-25(43)32(33,34)35)51-50-19-47-13-7-9-20-15-40(28-27(20)29(44)38-30(37-28)36-18-39(3)4)26-14-23(24(16-42)49-26)48-17-21-8-5-6-10-22(21)41(45)46/h5-6,8,10,15,18,23-24,26,42H,11-14,16-17,19H2,1-4H3,(H,37,38,44)/t23?,24-,26-/m1/s1. The van der Waals surface area contributed by atoms with Gasteiger partial charge in [0.05, 0.1) is 47.1 Å². The van der Waals surface area contributed by atoms with Gasteiger partial charge < -0.3 is 28.8 Å². The van der Waals surface area contributed by atoms with Crippen LogP contribution in [0.4, 0.5) is 24.8 Å². The number of aromatic nitrogens is 3. The summed E-state index contributed by atoms with van der Waals surface area (Å²) in [5.41, 5.74) is 0.299. The molecule has 1 aliphatic rings. The summed E-state index contributed by atoms with van der Waals surface area (Å²) in [4.78, 5) is 48.5. The number of Topliss-reactive ketones (excluding diaryl/α,β-unsaturated/α-hetero) is 1. The molecule has 0 amide bonds. The number of aromatic amines is 1. The molecule has 3 aromatic rings. The van der Waals surface area contributed by atoms with Gasteiger partial charge in [-0.25, -0.2) is 4.99 Å². The number of aliphatic hydroxyl groups is 1. The van der Waals surface area contributed by atoms with E-state index in [0.29, 0.717) is 11.1 Å². The number of nitrogens with one attached hydrogen (secondary N) is 1. The Hall–Kier alpha value is -3.93. The number of hydrogen-bond acceptors (Lipinski definition) is 12. The molecule has 0 saturated carbocycles. The number of aliphatic imine (C=N–C) groups is 1. The van der Waals surface area contributed by atoms with Crippen molar-refractivity contribution in [1.82, 2.24) is 19.4 Å². The van der Waals surface area contributed by atoms with E-state index in [1.807, 2.05) is 0 Å². The van der Waals surface area contributed by atoms with Crippen molar-refractivity contribution < 1.29 is 42.2 Å². The van der Waals surface area contributed by atoms with Crippen molar-refractivity contribution in [3.63, 3.8) is 0 Å². The second-order valence-electron chi connectivity index (χ2n) is 12.2. The zero-order chi connectivity index (χ0) is 37.3. The van der Waals surface area contributed by atoms with Crippen LogP contribution in [0.2, 0.25) is 0 Å². The maximum absolute atomic E-state index is 13.3. The number of carbonyl (C=O) groups is 1. The summed E-state index contributed by atoms with van der Waals surface area (Å²) < 4.78 is 56.3. The van der Waals surface area contributed by atoms with E-state index in [-0.39, 0.29) is 54.7 Å². The van der Waals surface area contributed by atoms with Gasteiger partial charge in [0.1, 0.15) is 24.9 Å². The number of alkyl halides is 3. The fourth-order valence-electron chi connectivity index (χ4n) is 4.95. The fourth-order valence-corrected chi connectivity index (χ4v) is 7.21. The first-order valence-electron chi connectivity index (χ1n) is 15.5. The molecule has 4 rings (SSSR count). The number of ether oxygens (including phenoxy) is 3. The van der Waals surface area contributed by atoms with Crippen LogP contribution in [0.5, 0.6) is 0 Å². The zero-order valence-corrected chi connectivity index (χ0v) is 29.8. The van der Waals surface area contributed by atoms with E-state index in [0.717, 1.165) is 0 Å². The minimum absolute atomic E-state index is 0.0299. The predicted molar refractivity (Wildman–Crippen MR) is 187 cm³/mol. The summed E-state index contributed by atoms with van der Waals surface area (Å²) >= 11 is 0. The third-order valence-corrected chi connectivity index (χ3v) is 10.5. The molecule has 0 bridgehead atoms. The summed E-state index contributed by atoms with van der Waals surface area (Å²) in [7, 11) is 6.08. The number of nitro benzene ring substituents is 1. The Labute approximate surface area is 298 Å². The number of nitrogens with zero attached hydrogens (tertiary/aromatic N) is 5. The van der Waals surface area contributed by atoms with Crippen molar-refractivity contribution >= 4 is 56.4 Å². The van der Waals surface area contributed by atoms with Crippen molar-refractivity contribution in [2.24, 2.45) is 4.99 Å². The van der Waals surface area contributed by atoms with Gasteiger partial charge in [-0.2, -0.15) is 18.2 Å². The molecule has 51 heavy (non-hydrogen) atoms. The number of rotatable bonds is 16. The van der Waals surface area contributed by atoms with Gasteiger partial charge in [-0.15, -0.1) is 0 Å². The first-order chi connectivity index (χ1) is 24.1. The van der Waals surface area contributed by atoms with Crippen LogP contribution in [0.25, 0.3) is 11.0 Å². The quantitative estimate of drug-likeness (QED) is 0.0289. The molecular weight excluding hydrogens is 718 g/mol. The third kappa shape index (κ3) is 11.0. The SMILES string of the molecule is CN(C)C=Nc1nc2c(c(C#CCOCSSC(C)(C)CCC(=O)C(F)(F)F)cn2[C@H]2CC(OCc3ccccc3[N+](=O)[O-])[C@@H](CO)O2)c(=O)[nH]1. The molecule has 1 fully saturated rings. The first-order valence-corrected chi connectivity index (χ1v) is 17.8. The highest BCUT2D eigenvalue weighted by atomic mass is 33.1. The van der Waals surface area contributed by atoms with E-state index in [1.165, 1.54) is 34.0 Å². The molecule has 0 radical (unpaired) electrons. The number of halogens is 3. The molecule has 276 valence electrons. The molecule has 1 aromatic carbocycles. The Morgan fingerprint density at radius 2 is 2.08 bits per heavy atom. The second-order valence-corrected chi connectivity index (χ2v) is 15.1. The van der Waals surface area contributed by atoms with Gasteiger partial charge in [0, 0.05) is 43.9 Å². The highest BCUT2D eigenvalue weighted by molar-refractivity contribution is 8.77. The van der Waals surface area contributed by atoms with Crippen molar-refractivity contribution in [3.8, 4) is 11.8 Å². The first kappa shape index (κ1) is 39.8. The van der Waals surface area contributed by atoms with E-state index >= 15 is 0 Å². The van der Waals surface area contributed by atoms with Gasteiger partial charge in [-0.1, -0.05) is 45.6 Å². The van der Waals surface area contributed by atoms with Gasteiger partial charge in [0.15, 0.2) is 5.65 Å². The lowest BCUT2D eigenvalue weighted by atomic mass is 10.0. The Bertz CT molecular complexity index is 1850. The van der Waals surface area contributed by atoms with Gasteiger partial charge in [0.2, 0.25) is 11.7 Å². The Morgan fingerprint density at radius 3 is 2.76 bits per heavy atom. The molecule has 3 atom stereocenters. The van der Waals surface area contributed by atoms with Crippen molar-refractivity contribution in [2.45, 2.75) is 69.1 Å². The van der Waals surface area contributed by atoms with Gasteiger partial charge in [-0.3, -0.25) is 24.7 Å². The molecule has 1 aliphatic heterocycles. The Morgan fingerprint density at radius 1 is 1.33 bits per heavy atom. The molecule has 3 heterocycles. The third-order valence-electron chi connectivity index (χ3n) is 7.48. The lowest BCUT2D eigenvalue weighted by Crippen LogP contribution is -2.27. The largest absolute Gasteiger partial charge is 0.449 e. The number of para-hydroxylation sites is 1. The summed E-state index contributed by atoms with van der Waals surface area (Å²) in [6.45, 7) is 2.97. The number of H-pyrrole nitrogens is 1. The van der Waals surface area contributed by atoms with Crippen LogP contribution in [0.15, 0.2) is 40.2 Å². The molecule has 14 nitrogen and oxygen atoms in total. The molecule has 19 heteroatoms. The summed E-state index contributed by atoms with van der Waals surface area (Å²) in [6.07, 6.45) is -4.31. The van der Waals surface area contributed by atoms with Crippen molar-refractivity contribution in [2.75, 3.05) is 33.2 Å². The van der Waals surface area contributed by atoms with Crippen LogP contribution < -0.4 is 5.56 Å². The lowest BCUT2D eigenvalue weighted by molar-refractivity contribution is -0.386. The van der Waals surface area contributed by atoms with E-state index in [9.17, 15) is 38.0 Å². The van der Waals surface area contributed by atoms with Crippen LogP contribution in [0, 0.1) is 22.0 Å². The average molecular weight is 755 g/mol. The second kappa shape index (κ2) is 17.5. The number of fused-ring (bicyclic) bond motifs is 1. The number of benzene rings is 1. The van der Waals surface area contributed by atoms with E-state index in [2.05, 4.69) is 26.8 Å². The highest BCUT2D eigenvalue weighted by Crippen LogP contribution is 2.39. The molecular formula is C32H37F3N6O8S2. The minimum Gasteiger partial charge on any atom is -0.394 e. The molecule has 0 aliphatic carbocycles. The number of nitro groups is 1. The predicted octanol–water partition coefficient (Wildman–Crippen LogP) is 5.12. The Kier molecular flexibility index (Phi) is 13.7. The van der Waals surface area contributed by atoms with Crippen LogP contribution in [-0.4, -0.2) is 98.0 Å². The highest BCUT2D eigenvalue weighted by Gasteiger charge is 2.39. The Balaban J connectivity index is 1.48. The summed E-state index contributed by atoms with van der Waals surface area (Å²) in [5.74, 6) is 4.24. The van der Waals surface area contributed by atoms with Crippen LogP contribution in [0.3, 0.4) is 0 Å². The van der Waals surface area contributed by atoms with Crippen molar-refractivity contribution in [1.29, 1.82) is 0 Å². The number of ketones is 1. The van der Waals surface area contributed by atoms with Gasteiger partial charge in [-0.05, 0) is 26.3 Å². The summed E-state index contributed by atoms with van der Waals surface area (Å²) in [5, 5.41) is 21.7. The van der Waals surface area contributed by atoms with Crippen LogP contribution in [-0.2, 0) is 25.6 Å². The number of carbonyl (C=O) groups excluding carboxylic acids is 1. The maximum atomic E-state index is 13.3. The molecule has 1 unspecified atom stereocenters. The lowest BCUT2D eigenvalue weighted by Gasteiger charge is -2.22. The fraction of sp³-hybridized carbons (Fsp3) is 0.500. The molecule has 2 N–H and O–H groups in total. The van der Waals surface area contributed by atoms with Gasteiger partial charge in [0.25, 0.3) is 11.2 Å². The normalized spacial score (nSPS) is 17.9. The molecule has 1 saturated heterocycles. The topological polar surface area (TPSA) is 174 Å². The zero-order valence-electron chi connectivity index (χ0n) is 28.1. The smallest absolute Gasteiger partial charge is 0.394 e. The maximum Gasteiger partial charge on any atom is 0.449 e. The van der Waals surface area contributed by atoms with E-state index < -0.39 is 58.7 Å². The minimum atomic E-state index is -4.84. The number of aliphatic hydroxyl groups excluding tert-OH is 1. The van der Waals surface area contributed by atoms with Crippen LogP contribution >= 0.6 is 21.6 Å². The van der Waals surface area contributed by atoms with Crippen LogP contribution in [0.1, 0.15) is 50.5 Å². The molecule has 0 spiro atoms. The van der Waals surface area contributed by atoms with Gasteiger partial charge >= 0.3 is 6.18 Å². The van der Waals surface area contributed by atoms with E-state index in [4.69, 9.17) is 14.2 Å². The summed E-state index contributed by atoms with van der Waals surface area (Å²) in [6, 6.07) is 6.19. The molecule has 2 aromatic heterocycles.